The first-order chi connectivity index (χ1) is 7.03. The van der Waals surface area contributed by atoms with E-state index in [1.807, 2.05) is 18.7 Å². The summed E-state index contributed by atoms with van der Waals surface area (Å²) in [7, 11) is 0. The molecule has 1 atom stereocenters. The van der Waals surface area contributed by atoms with Crippen LogP contribution in [0.5, 0.6) is 0 Å². The smallest absolute Gasteiger partial charge is 0.171 e. The maximum Gasteiger partial charge on any atom is 0.171 e. The number of hydrogen-bond acceptors (Lipinski definition) is 4. The summed E-state index contributed by atoms with van der Waals surface area (Å²) in [6.07, 6.45) is 2.44. The van der Waals surface area contributed by atoms with Gasteiger partial charge in [0.25, 0.3) is 0 Å². The van der Waals surface area contributed by atoms with E-state index in [1.165, 1.54) is 18.6 Å². The molecule has 1 aromatic heterocycles. The number of hydrogen-bond donors (Lipinski definition) is 0. The van der Waals surface area contributed by atoms with E-state index >= 15 is 0 Å². The summed E-state index contributed by atoms with van der Waals surface area (Å²) in [5, 5.41) is 1.13. The molecule has 2 heterocycles. The molecule has 2 rings (SSSR count). The molecular weight excluding hydrogens is 226 g/mol. The Morgan fingerprint density at radius 1 is 1.53 bits per heavy atom. The Morgan fingerprint density at radius 3 is 2.73 bits per heavy atom. The molecule has 0 amide bonds. The summed E-state index contributed by atoms with van der Waals surface area (Å²) in [5.41, 5.74) is 0.899. The van der Waals surface area contributed by atoms with Gasteiger partial charge in [0.2, 0.25) is 0 Å². The molecule has 1 aromatic rings. The number of ketones is 1. The zero-order chi connectivity index (χ0) is 11.1. The molecule has 1 aliphatic rings. The van der Waals surface area contributed by atoms with E-state index in [0.717, 1.165) is 15.6 Å². The minimum Gasteiger partial charge on any atom is -0.294 e. The first-order valence-electron chi connectivity index (χ1n) is 5.16. The lowest BCUT2D eigenvalue weighted by Crippen LogP contribution is -2.11. The second-order valence-corrected chi connectivity index (χ2v) is 6.77. The molecule has 1 unspecified atom stereocenters. The van der Waals surface area contributed by atoms with E-state index in [2.05, 4.69) is 11.9 Å². The number of nitrogens with zero attached hydrogens (tertiary/aromatic N) is 1. The summed E-state index contributed by atoms with van der Waals surface area (Å²) in [6.45, 7) is 5.79. The molecule has 0 spiro atoms. The Labute approximate surface area is 98.5 Å². The third kappa shape index (κ3) is 1.97. The highest BCUT2D eigenvalue weighted by Crippen LogP contribution is 2.47. The molecule has 2 nitrogen and oxygen atoms in total. The van der Waals surface area contributed by atoms with E-state index in [0.29, 0.717) is 0 Å². The van der Waals surface area contributed by atoms with E-state index < -0.39 is 0 Å². The number of Topliss-reactive ketones (excluding diaryl/α,β-unsaturated/α-hetero) is 1. The number of rotatable bonds is 2. The molecule has 0 aliphatic carbocycles. The maximum atomic E-state index is 11.4. The van der Waals surface area contributed by atoms with Gasteiger partial charge < -0.3 is 0 Å². The molecule has 82 valence electrons. The molecule has 1 fully saturated rings. The van der Waals surface area contributed by atoms with Crippen molar-refractivity contribution in [2.45, 2.75) is 38.4 Å². The monoisotopic (exact) mass is 241 g/mol. The molecule has 1 saturated heterocycles. The first kappa shape index (κ1) is 11.1. The van der Waals surface area contributed by atoms with Crippen molar-refractivity contribution in [2.75, 3.05) is 5.75 Å². The van der Waals surface area contributed by atoms with Crippen molar-refractivity contribution in [3.05, 3.63) is 15.6 Å². The van der Waals surface area contributed by atoms with Crippen LogP contribution in [0.4, 0.5) is 0 Å². The number of thioether (sulfide) groups is 1. The topological polar surface area (TPSA) is 30.0 Å². The van der Waals surface area contributed by atoms with Crippen molar-refractivity contribution >= 4 is 28.9 Å². The van der Waals surface area contributed by atoms with Crippen molar-refractivity contribution in [1.82, 2.24) is 4.98 Å². The number of carbonyl (C=O) groups excluding carboxylic acids is 1. The highest BCUT2D eigenvalue weighted by molar-refractivity contribution is 8.00. The Hall–Kier alpha value is -0.350. The highest BCUT2D eigenvalue weighted by Gasteiger charge is 2.35. The van der Waals surface area contributed by atoms with Crippen LogP contribution in [0.2, 0.25) is 0 Å². The predicted octanol–water partition coefficient (Wildman–Crippen LogP) is 3.40. The Bertz CT molecular complexity index is 391. The van der Waals surface area contributed by atoms with E-state index in [1.54, 1.807) is 18.3 Å². The summed E-state index contributed by atoms with van der Waals surface area (Å²) in [6, 6.07) is 0. The SMILES string of the molecule is CC(=O)c1sc(C2(C)CCCS2)nc1C. The zero-order valence-electron chi connectivity index (χ0n) is 9.29. The fourth-order valence-corrected chi connectivity index (χ4v) is 4.43. The molecule has 15 heavy (non-hydrogen) atoms. The summed E-state index contributed by atoms with van der Waals surface area (Å²) in [4.78, 5) is 16.8. The lowest BCUT2D eigenvalue weighted by atomic mass is 10.1. The minimum atomic E-state index is 0.142. The van der Waals surface area contributed by atoms with Gasteiger partial charge in [-0.25, -0.2) is 4.98 Å². The summed E-state index contributed by atoms with van der Waals surface area (Å²) in [5.74, 6) is 1.35. The quantitative estimate of drug-likeness (QED) is 0.743. The number of aromatic nitrogens is 1. The van der Waals surface area contributed by atoms with Gasteiger partial charge in [0.05, 0.1) is 15.3 Å². The van der Waals surface area contributed by atoms with E-state index in [4.69, 9.17) is 0 Å². The fourth-order valence-electron chi connectivity index (χ4n) is 1.90. The Kier molecular flexibility index (Phi) is 2.90. The van der Waals surface area contributed by atoms with Gasteiger partial charge in [0.1, 0.15) is 5.01 Å². The van der Waals surface area contributed by atoms with Crippen molar-refractivity contribution in [1.29, 1.82) is 0 Å². The molecule has 1 aliphatic heterocycles. The average Bonchev–Trinajstić information content (AvgIpc) is 2.72. The normalized spacial score (nSPS) is 25.8. The molecule has 0 N–H and O–H groups in total. The van der Waals surface area contributed by atoms with Crippen LogP contribution in [-0.4, -0.2) is 16.5 Å². The van der Waals surface area contributed by atoms with Crippen LogP contribution >= 0.6 is 23.1 Å². The highest BCUT2D eigenvalue weighted by atomic mass is 32.2. The molecule has 0 bridgehead atoms. The van der Waals surface area contributed by atoms with Gasteiger partial charge in [-0.2, -0.15) is 0 Å². The van der Waals surface area contributed by atoms with Crippen LogP contribution in [0, 0.1) is 6.92 Å². The van der Waals surface area contributed by atoms with Crippen LogP contribution in [0.15, 0.2) is 0 Å². The van der Waals surface area contributed by atoms with Gasteiger partial charge in [-0.15, -0.1) is 23.1 Å². The van der Waals surface area contributed by atoms with Crippen molar-refractivity contribution < 1.29 is 4.79 Å². The first-order valence-corrected chi connectivity index (χ1v) is 6.96. The third-order valence-corrected chi connectivity index (χ3v) is 5.97. The minimum absolute atomic E-state index is 0.142. The van der Waals surface area contributed by atoms with Gasteiger partial charge in [-0.05, 0) is 32.4 Å². The maximum absolute atomic E-state index is 11.4. The lowest BCUT2D eigenvalue weighted by molar-refractivity contribution is 0.102. The summed E-state index contributed by atoms with van der Waals surface area (Å²) >= 11 is 3.55. The van der Waals surface area contributed by atoms with E-state index in [9.17, 15) is 4.79 Å². The van der Waals surface area contributed by atoms with Crippen molar-refractivity contribution in [3.8, 4) is 0 Å². The Balaban J connectivity index is 2.37. The molecular formula is C11H15NOS2. The van der Waals surface area contributed by atoms with Gasteiger partial charge in [-0.1, -0.05) is 0 Å². The zero-order valence-corrected chi connectivity index (χ0v) is 10.9. The van der Waals surface area contributed by atoms with Crippen LogP contribution in [-0.2, 0) is 4.75 Å². The van der Waals surface area contributed by atoms with Crippen molar-refractivity contribution in [3.63, 3.8) is 0 Å². The van der Waals surface area contributed by atoms with Crippen molar-refractivity contribution in [2.24, 2.45) is 0 Å². The standard InChI is InChI=1S/C11H15NOS2/c1-7-9(8(2)13)15-10(12-7)11(3)5-4-6-14-11/h4-6H2,1-3H3. The number of thiazole rings is 1. The second-order valence-electron chi connectivity index (χ2n) is 4.17. The van der Waals surface area contributed by atoms with Crippen LogP contribution < -0.4 is 0 Å². The average molecular weight is 241 g/mol. The van der Waals surface area contributed by atoms with Gasteiger partial charge in [-0.3, -0.25) is 4.79 Å². The van der Waals surface area contributed by atoms with Gasteiger partial charge >= 0.3 is 0 Å². The van der Waals surface area contributed by atoms with E-state index in [-0.39, 0.29) is 10.5 Å². The number of aryl methyl sites for hydroxylation is 1. The van der Waals surface area contributed by atoms with Crippen LogP contribution in [0.1, 0.15) is 47.1 Å². The molecule has 4 heteroatoms. The molecule has 0 radical (unpaired) electrons. The molecule has 0 aromatic carbocycles. The Morgan fingerprint density at radius 2 is 2.27 bits per heavy atom. The fraction of sp³-hybridized carbons (Fsp3) is 0.636. The largest absolute Gasteiger partial charge is 0.294 e. The van der Waals surface area contributed by atoms with Crippen LogP contribution in [0.25, 0.3) is 0 Å². The van der Waals surface area contributed by atoms with Gasteiger partial charge in [0, 0.05) is 6.92 Å². The van der Waals surface area contributed by atoms with Gasteiger partial charge in [0.15, 0.2) is 5.78 Å². The second kappa shape index (κ2) is 3.91. The predicted molar refractivity (Wildman–Crippen MR) is 65.9 cm³/mol. The molecule has 0 saturated carbocycles. The third-order valence-electron chi connectivity index (χ3n) is 2.79. The number of carbonyl (C=O) groups is 1. The van der Waals surface area contributed by atoms with Crippen LogP contribution in [0.3, 0.4) is 0 Å². The lowest BCUT2D eigenvalue weighted by Gasteiger charge is -2.18. The summed E-state index contributed by atoms with van der Waals surface area (Å²) < 4.78 is 0.156.